The van der Waals surface area contributed by atoms with Crippen molar-refractivity contribution in [1.82, 2.24) is 4.31 Å². The molecule has 3 rings (SSSR count). The predicted molar refractivity (Wildman–Crippen MR) is 101 cm³/mol. The zero-order valence-corrected chi connectivity index (χ0v) is 16.6. The summed E-state index contributed by atoms with van der Waals surface area (Å²) in [7, 11) is -3.71. The molecule has 144 valence electrons. The van der Waals surface area contributed by atoms with Crippen LogP contribution in [0.25, 0.3) is 0 Å². The average molecular weight is 459 g/mol. The first-order chi connectivity index (χ1) is 12.8. The Morgan fingerprint density at radius 2 is 1.81 bits per heavy atom. The largest absolute Gasteiger partial charge is 0.326 e. The maximum atomic E-state index is 13.3. The van der Waals surface area contributed by atoms with E-state index in [1.807, 2.05) is 0 Å². The number of nitrogens with zero attached hydrogens (tertiary/aromatic N) is 1. The molecule has 1 fully saturated rings. The van der Waals surface area contributed by atoms with Crippen molar-refractivity contribution >= 4 is 37.5 Å². The summed E-state index contributed by atoms with van der Waals surface area (Å²) >= 11 is 3.27. The smallest absolute Gasteiger partial charge is 0.243 e. The molecule has 27 heavy (non-hydrogen) atoms. The molecule has 0 aliphatic carbocycles. The van der Waals surface area contributed by atoms with Gasteiger partial charge >= 0.3 is 0 Å². The number of nitrogens with one attached hydrogen (secondary N) is 1. The maximum Gasteiger partial charge on any atom is 0.243 e. The highest BCUT2D eigenvalue weighted by Gasteiger charge is 2.33. The summed E-state index contributed by atoms with van der Waals surface area (Å²) in [5.74, 6) is -3.05. The molecule has 1 saturated heterocycles. The van der Waals surface area contributed by atoms with Crippen LogP contribution in [0.1, 0.15) is 12.8 Å². The van der Waals surface area contributed by atoms with Gasteiger partial charge in [0.2, 0.25) is 15.9 Å². The molecule has 0 spiro atoms. The highest BCUT2D eigenvalue weighted by atomic mass is 79.9. The Morgan fingerprint density at radius 1 is 1.11 bits per heavy atom. The van der Waals surface area contributed by atoms with Crippen LogP contribution in [-0.2, 0) is 14.8 Å². The summed E-state index contributed by atoms with van der Waals surface area (Å²) in [6, 6.07) is 9.38. The minimum atomic E-state index is -3.71. The van der Waals surface area contributed by atoms with E-state index in [1.165, 1.54) is 22.5 Å². The number of hydrogen-bond donors (Lipinski definition) is 1. The molecule has 1 N–H and O–H groups in total. The number of benzene rings is 2. The van der Waals surface area contributed by atoms with Gasteiger partial charge in [0.15, 0.2) is 11.6 Å². The molecule has 2 aromatic carbocycles. The van der Waals surface area contributed by atoms with Gasteiger partial charge in [0, 0.05) is 29.3 Å². The van der Waals surface area contributed by atoms with E-state index in [0.29, 0.717) is 19.4 Å². The van der Waals surface area contributed by atoms with Gasteiger partial charge in [-0.1, -0.05) is 15.9 Å². The number of anilines is 1. The van der Waals surface area contributed by atoms with Crippen molar-refractivity contribution in [2.24, 2.45) is 5.92 Å². The lowest BCUT2D eigenvalue weighted by Gasteiger charge is -2.31. The lowest BCUT2D eigenvalue weighted by Crippen LogP contribution is -2.43. The van der Waals surface area contributed by atoms with E-state index in [-0.39, 0.29) is 17.1 Å². The Hall–Kier alpha value is -1.84. The minimum absolute atomic E-state index is 0.0356. The van der Waals surface area contributed by atoms with Crippen LogP contribution in [-0.4, -0.2) is 31.7 Å². The fourth-order valence-electron chi connectivity index (χ4n) is 2.95. The Kier molecular flexibility index (Phi) is 5.92. The fourth-order valence-corrected chi connectivity index (χ4v) is 4.74. The molecule has 0 radical (unpaired) electrons. The van der Waals surface area contributed by atoms with Crippen LogP contribution >= 0.6 is 15.9 Å². The number of rotatable bonds is 4. The number of carbonyl (C=O) groups excluding carboxylic acids is 1. The number of halogens is 3. The van der Waals surface area contributed by atoms with Crippen molar-refractivity contribution < 1.29 is 22.0 Å². The van der Waals surface area contributed by atoms with Crippen molar-refractivity contribution in [2.45, 2.75) is 17.7 Å². The van der Waals surface area contributed by atoms with Crippen LogP contribution in [0.4, 0.5) is 14.5 Å². The molecule has 1 aliphatic heterocycles. The van der Waals surface area contributed by atoms with Crippen LogP contribution in [0, 0.1) is 17.6 Å². The second-order valence-electron chi connectivity index (χ2n) is 6.27. The summed E-state index contributed by atoms with van der Waals surface area (Å²) in [4.78, 5) is 12.6. The quantitative estimate of drug-likeness (QED) is 0.758. The van der Waals surface area contributed by atoms with Crippen LogP contribution in [0.15, 0.2) is 51.8 Å². The van der Waals surface area contributed by atoms with E-state index in [4.69, 9.17) is 0 Å². The average Bonchev–Trinajstić information content (AvgIpc) is 2.65. The highest BCUT2D eigenvalue weighted by molar-refractivity contribution is 9.10. The molecular weight excluding hydrogens is 442 g/mol. The minimum Gasteiger partial charge on any atom is -0.326 e. The van der Waals surface area contributed by atoms with Crippen LogP contribution < -0.4 is 5.32 Å². The van der Waals surface area contributed by atoms with Crippen LogP contribution in [0.3, 0.4) is 0 Å². The summed E-state index contributed by atoms with van der Waals surface area (Å²) < 4.78 is 53.9. The van der Waals surface area contributed by atoms with E-state index in [0.717, 1.165) is 16.6 Å². The first kappa shape index (κ1) is 19.9. The Labute approximate surface area is 164 Å². The molecule has 0 aromatic heterocycles. The Balaban J connectivity index is 1.72. The van der Waals surface area contributed by atoms with Gasteiger partial charge in [-0.15, -0.1) is 0 Å². The number of sulfonamides is 1. The van der Waals surface area contributed by atoms with Gasteiger partial charge in [0.25, 0.3) is 0 Å². The number of hydrogen-bond acceptors (Lipinski definition) is 3. The zero-order chi connectivity index (χ0) is 19.6. The Bertz CT molecular complexity index is 952. The van der Waals surface area contributed by atoms with Gasteiger partial charge in [-0.2, -0.15) is 4.31 Å². The molecular formula is C18H17BrF2N2O3S. The first-order valence-corrected chi connectivity index (χ1v) is 10.5. The van der Waals surface area contributed by atoms with Gasteiger partial charge < -0.3 is 5.32 Å². The zero-order valence-electron chi connectivity index (χ0n) is 14.2. The molecule has 2 aromatic rings. The molecule has 0 bridgehead atoms. The maximum absolute atomic E-state index is 13.3. The molecule has 5 nitrogen and oxygen atoms in total. The number of piperidine rings is 1. The normalized spacial score (nSPS) is 18.3. The number of carbonyl (C=O) groups is 1. The predicted octanol–water partition coefficient (Wildman–Crippen LogP) is 3.77. The molecule has 0 saturated carbocycles. The van der Waals surface area contributed by atoms with E-state index in [1.54, 1.807) is 12.1 Å². The van der Waals surface area contributed by atoms with Crippen LogP contribution in [0.5, 0.6) is 0 Å². The summed E-state index contributed by atoms with van der Waals surface area (Å²) in [5, 5.41) is 2.53. The lowest BCUT2D eigenvalue weighted by molar-refractivity contribution is -0.120. The van der Waals surface area contributed by atoms with Gasteiger partial charge in [0.05, 0.1) is 10.8 Å². The Morgan fingerprint density at radius 3 is 2.48 bits per heavy atom. The molecule has 1 atom stereocenters. The summed E-state index contributed by atoms with van der Waals surface area (Å²) in [6.45, 7) is 0.362. The van der Waals surface area contributed by atoms with Crippen molar-refractivity contribution in [2.75, 3.05) is 18.4 Å². The van der Waals surface area contributed by atoms with Crippen molar-refractivity contribution in [3.05, 3.63) is 58.6 Å². The second-order valence-corrected chi connectivity index (χ2v) is 9.13. The van der Waals surface area contributed by atoms with E-state index < -0.39 is 33.5 Å². The highest BCUT2D eigenvalue weighted by Crippen LogP contribution is 2.26. The van der Waals surface area contributed by atoms with Gasteiger partial charge in [0.1, 0.15) is 0 Å². The third kappa shape index (κ3) is 4.53. The van der Waals surface area contributed by atoms with Gasteiger partial charge in [-0.3, -0.25) is 4.79 Å². The molecule has 1 aliphatic rings. The van der Waals surface area contributed by atoms with E-state index in [9.17, 15) is 22.0 Å². The van der Waals surface area contributed by atoms with Crippen molar-refractivity contribution in [3.63, 3.8) is 0 Å². The van der Waals surface area contributed by atoms with Crippen molar-refractivity contribution in [3.8, 4) is 0 Å². The molecule has 1 amide bonds. The fraction of sp³-hybridized carbons (Fsp3) is 0.278. The second kappa shape index (κ2) is 8.04. The van der Waals surface area contributed by atoms with Gasteiger partial charge in [-0.25, -0.2) is 17.2 Å². The molecule has 1 heterocycles. The molecule has 0 unspecified atom stereocenters. The number of amides is 1. The molecule has 9 heteroatoms. The topological polar surface area (TPSA) is 66.5 Å². The third-order valence-electron chi connectivity index (χ3n) is 4.39. The summed E-state index contributed by atoms with van der Waals surface area (Å²) in [5.41, 5.74) is 0.131. The standard InChI is InChI=1S/C18H17BrF2N2O3S/c19-13-3-6-15(7-4-13)27(25,26)23-9-1-2-12(11-23)18(24)22-14-5-8-16(20)17(21)10-14/h3-8,10,12H,1-2,9,11H2,(H,22,24)/t12-/m1/s1. The van der Waals surface area contributed by atoms with Gasteiger partial charge in [-0.05, 0) is 49.2 Å². The van der Waals surface area contributed by atoms with E-state index in [2.05, 4.69) is 21.2 Å². The van der Waals surface area contributed by atoms with Crippen molar-refractivity contribution in [1.29, 1.82) is 0 Å². The monoisotopic (exact) mass is 458 g/mol. The van der Waals surface area contributed by atoms with Crippen LogP contribution in [0.2, 0.25) is 0 Å². The first-order valence-electron chi connectivity index (χ1n) is 8.29. The van der Waals surface area contributed by atoms with E-state index >= 15 is 0 Å². The lowest BCUT2D eigenvalue weighted by atomic mass is 9.98. The SMILES string of the molecule is O=C(Nc1ccc(F)c(F)c1)[C@@H]1CCCN(S(=O)(=O)c2ccc(Br)cc2)C1. The third-order valence-corrected chi connectivity index (χ3v) is 6.80. The summed E-state index contributed by atoms with van der Waals surface area (Å²) in [6.07, 6.45) is 1.05.